The van der Waals surface area contributed by atoms with Gasteiger partial charge in [-0.1, -0.05) is 0 Å². The maximum absolute atomic E-state index is 12.9. The van der Waals surface area contributed by atoms with E-state index in [1.54, 1.807) is 12.3 Å². The molecule has 0 radical (unpaired) electrons. The first-order valence-electron chi connectivity index (χ1n) is 8.41. The predicted octanol–water partition coefficient (Wildman–Crippen LogP) is 1.90. The molecule has 0 saturated carbocycles. The minimum atomic E-state index is -2.90. The van der Waals surface area contributed by atoms with Crippen molar-refractivity contribution in [3.8, 4) is 17.2 Å². The standard InChI is InChI=1S/C17H20F2N4O3/c1-22-4-3-21-16(22)12-8-20-2-5-23(12)9-11-6-14-15(25-10-24-14)7-13(11)26-17(18)19/h3-4,6-7,12,17,20H,2,5,8-10H2,1H3. The number of piperazine rings is 1. The quantitative estimate of drug-likeness (QED) is 0.872. The number of benzene rings is 1. The van der Waals surface area contributed by atoms with E-state index < -0.39 is 6.61 Å². The number of aromatic nitrogens is 2. The van der Waals surface area contributed by atoms with Crippen LogP contribution < -0.4 is 19.5 Å². The zero-order chi connectivity index (χ0) is 18.1. The molecule has 26 heavy (non-hydrogen) atoms. The lowest BCUT2D eigenvalue weighted by molar-refractivity contribution is -0.0510. The lowest BCUT2D eigenvalue weighted by Gasteiger charge is -2.36. The van der Waals surface area contributed by atoms with Crippen molar-refractivity contribution in [2.24, 2.45) is 7.05 Å². The molecular weight excluding hydrogens is 346 g/mol. The number of hydrogen-bond acceptors (Lipinski definition) is 6. The van der Waals surface area contributed by atoms with Gasteiger partial charge in [0.05, 0.1) is 6.04 Å². The highest BCUT2D eigenvalue weighted by molar-refractivity contribution is 5.52. The van der Waals surface area contributed by atoms with Gasteiger partial charge >= 0.3 is 6.61 Å². The molecule has 2 aromatic rings. The average Bonchev–Trinajstić information content (AvgIpc) is 3.23. The summed E-state index contributed by atoms with van der Waals surface area (Å²) in [5, 5.41) is 3.36. The maximum Gasteiger partial charge on any atom is 0.387 e. The Morgan fingerprint density at radius 2 is 2.15 bits per heavy atom. The first kappa shape index (κ1) is 17.0. The molecule has 2 aliphatic heterocycles. The van der Waals surface area contributed by atoms with Crippen LogP contribution in [0, 0.1) is 0 Å². The van der Waals surface area contributed by atoms with E-state index in [4.69, 9.17) is 14.2 Å². The minimum absolute atomic E-state index is 0.0357. The van der Waals surface area contributed by atoms with Gasteiger partial charge in [0.1, 0.15) is 11.6 Å². The van der Waals surface area contributed by atoms with Gasteiger partial charge in [-0.05, 0) is 6.07 Å². The van der Waals surface area contributed by atoms with E-state index in [-0.39, 0.29) is 18.6 Å². The zero-order valence-corrected chi connectivity index (χ0v) is 14.3. The Hall–Kier alpha value is -2.39. The SMILES string of the molecule is Cn1ccnc1C1CNCCN1Cc1cc2c(cc1OC(F)F)OCO2. The lowest BCUT2D eigenvalue weighted by atomic mass is 10.1. The van der Waals surface area contributed by atoms with E-state index in [1.165, 1.54) is 6.07 Å². The fourth-order valence-corrected chi connectivity index (χ4v) is 3.40. The summed E-state index contributed by atoms with van der Waals surface area (Å²) in [5.41, 5.74) is 0.635. The molecule has 7 nitrogen and oxygen atoms in total. The van der Waals surface area contributed by atoms with Gasteiger partial charge in [0.15, 0.2) is 11.5 Å². The van der Waals surface area contributed by atoms with Crippen LogP contribution in [0.25, 0.3) is 0 Å². The smallest absolute Gasteiger partial charge is 0.387 e. The molecular formula is C17H20F2N4O3. The second-order valence-electron chi connectivity index (χ2n) is 6.28. The van der Waals surface area contributed by atoms with Crippen molar-refractivity contribution in [2.45, 2.75) is 19.2 Å². The van der Waals surface area contributed by atoms with Gasteiger partial charge in [-0.2, -0.15) is 8.78 Å². The molecule has 3 heterocycles. The number of ether oxygens (including phenoxy) is 3. The molecule has 1 fully saturated rings. The molecule has 4 rings (SSSR count). The molecule has 140 valence electrons. The van der Waals surface area contributed by atoms with Crippen LogP contribution in [-0.2, 0) is 13.6 Å². The van der Waals surface area contributed by atoms with Crippen molar-refractivity contribution in [3.05, 3.63) is 35.9 Å². The van der Waals surface area contributed by atoms with Gasteiger partial charge < -0.3 is 24.1 Å². The fourth-order valence-electron chi connectivity index (χ4n) is 3.40. The lowest BCUT2D eigenvalue weighted by Crippen LogP contribution is -2.46. The third-order valence-corrected chi connectivity index (χ3v) is 4.66. The Morgan fingerprint density at radius 1 is 1.35 bits per heavy atom. The van der Waals surface area contributed by atoms with Crippen LogP contribution in [0.4, 0.5) is 8.78 Å². The van der Waals surface area contributed by atoms with Crippen molar-refractivity contribution in [1.82, 2.24) is 19.8 Å². The van der Waals surface area contributed by atoms with Crippen LogP contribution in [0.5, 0.6) is 17.2 Å². The Labute approximate surface area is 149 Å². The number of imidazole rings is 1. The number of fused-ring (bicyclic) bond motifs is 1. The Bertz CT molecular complexity index is 783. The third kappa shape index (κ3) is 3.32. The van der Waals surface area contributed by atoms with Gasteiger partial charge in [-0.25, -0.2) is 4.98 Å². The third-order valence-electron chi connectivity index (χ3n) is 4.66. The highest BCUT2D eigenvalue weighted by Gasteiger charge is 2.29. The molecule has 0 aliphatic carbocycles. The highest BCUT2D eigenvalue weighted by atomic mass is 19.3. The van der Waals surface area contributed by atoms with E-state index in [1.807, 2.05) is 17.8 Å². The van der Waals surface area contributed by atoms with Crippen molar-refractivity contribution in [1.29, 1.82) is 0 Å². The molecule has 0 spiro atoms. The normalized spacial score (nSPS) is 19.9. The van der Waals surface area contributed by atoms with E-state index >= 15 is 0 Å². The van der Waals surface area contributed by atoms with Crippen molar-refractivity contribution in [2.75, 3.05) is 26.4 Å². The summed E-state index contributed by atoms with van der Waals surface area (Å²) in [6.07, 6.45) is 3.65. The summed E-state index contributed by atoms with van der Waals surface area (Å²) in [6, 6.07) is 3.23. The van der Waals surface area contributed by atoms with E-state index in [2.05, 4.69) is 15.2 Å². The summed E-state index contributed by atoms with van der Waals surface area (Å²) in [4.78, 5) is 6.65. The molecule has 2 aliphatic rings. The number of aryl methyl sites for hydroxylation is 1. The maximum atomic E-state index is 12.9. The minimum Gasteiger partial charge on any atom is -0.454 e. The molecule has 1 saturated heterocycles. The predicted molar refractivity (Wildman–Crippen MR) is 88.4 cm³/mol. The van der Waals surface area contributed by atoms with Crippen LogP contribution in [0.15, 0.2) is 24.5 Å². The first-order valence-corrected chi connectivity index (χ1v) is 8.41. The number of hydrogen-bond donors (Lipinski definition) is 1. The van der Waals surface area contributed by atoms with Gasteiger partial charge in [0.2, 0.25) is 6.79 Å². The summed E-state index contributed by atoms with van der Waals surface area (Å²) in [6.45, 7) is -0.0618. The molecule has 1 N–H and O–H groups in total. The number of rotatable bonds is 5. The van der Waals surface area contributed by atoms with E-state index in [0.717, 1.165) is 25.5 Å². The molecule has 1 aromatic carbocycles. The van der Waals surface area contributed by atoms with Crippen molar-refractivity contribution in [3.63, 3.8) is 0 Å². The highest BCUT2D eigenvalue weighted by Crippen LogP contribution is 2.40. The van der Waals surface area contributed by atoms with Crippen LogP contribution >= 0.6 is 0 Å². The fraction of sp³-hybridized carbons (Fsp3) is 0.471. The zero-order valence-electron chi connectivity index (χ0n) is 14.3. The van der Waals surface area contributed by atoms with Gasteiger partial charge in [-0.15, -0.1) is 0 Å². The van der Waals surface area contributed by atoms with Gasteiger partial charge in [0.25, 0.3) is 0 Å². The topological polar surface area (TPSA) is 60.8 Å². The summed E-state index contributed by atoms with van der Waals surface area (Å²) >= 11 is 0. The average molecular weight is 366 g/mol. The molecule has 1 unspecified atom stereocenters. The van der Waals surface area contributed by atoms with E-state index in [9.17, 15) is 8.78 Å². The van der Waals surface area contributed by atoms with Gasteiger partial charge in [0, 0.05) is 57.3 Å². The second kappa shape index (κ2) is 7.08. The Kier molecular flexibility index (Phi) is 4.64. The van der Waals surface area contributed by atoms with Crippen molar-refractivity contribution < 1.29 is 23.0 Å². The summed E-state index contributed by atoms with van der Waals surface area (Å²) < 4.78 is 43.1. The number of alkyl halides is 2. The van der Waals surface area contributed by atoms with Crippen LogP contribution in [0.2, 0.25) is 0 Å². The largest absolute Gasteiger partial charge is 0.454 e. The number of nitrogens with zero attached hydrogens (tertiary/aromatic N) is 3. The van der Waals surface area contributed by atoms with E-state index in [0.29, 0.717) is 23.6 Å². The molecule has 0 amide bonds. The number of nitrogens with one attached hydrogen (secondary N) is 1. The monoisotopic (exact) mass is 366 g/mol. The summed E-state index contributed by atoms with van der Waals surface area (Å²) in [5.74, 6) is 2.01. The van der Waals surface area contributed by atoms with Crippen LogP contribution in [0.3, 0.4) is 0 Å². The molecule has 1 atom stereocenters. The molecule has 0 bridgehead atoms. The van der Waals surface area contributed by atoms with Crippen molar-refractivity contribution >= 4 is 0 Å². The molecule has 1 aromatic heterocycles. The van der Waals surface area contributed by atoms with Crippen LogP contribution in [0.1, 0.15) is 17.4 Å². The molecule has 9 heteroatoms. The Balaban J connectivity index is 1.63. The van der Waals surface area contributed by atoms with Gasteiger partial charge in [-0.3, -0.25) is 4.90 Å². The second-order valence-corrected chi connectivity index (χ2v) is 6.28. The summed E-state index contributed by atoms with van der Waals surface area (Å²) in [7, 11) is 1.95. The van der Waals surface area contributed by atoms with Crippen LogP contribution in [-0.4, -0.2) is 47.5 Å². The Morgan fingerprint density at radius 3 is 2.88 bits per heavy atom. The first-order chi connectivity index (χ1) is 12.6. The number of halogens is 2.